The number of ether oxygens (including phenoxy) is 1. The van der Waals surface area contributed by atoms with Crippen LogP contribution in [-0.4, -0.2) is 60.6 Å². The van der Waals surface area contributed by atoms with Crippen LogP contribution < -0.4 is 5.32 Å². The van der Waals surface area contributed by atoms with Crippen LogP contribution in [0.2, 0.25) is 0 Å². The van der Waals surface area contributed by atoms with Gasteiger partial charge in [-0.05, 0) is 36.9 Å². The van der Waals surface area contributed by atoms with Crippen molar-refractivity contribution in [3.63, 3.8) is 0 Å². The van der Waals surface area contributed by atoms with E-state index >= 15 is 0 Å². The Kier molecular flexibility index (Phi) is 6.51. The van der Waals surface area contributed by atoms with E-state index in [4.69, 9.17) is 4.74 Å². The van der Waals surface area contributed by atoms with Gasteiger partial charge in [0.15, 0.2) is 0 Å². The molecule has 152 valence electrons. The molecule has 2 aromatic carbocycles. The average molecular weight is 411 g/mol. The Morgan fingerprint density at radius 1 is 1.17 bits per heavy atom. The summed E-state index contributed by atoms with van der Waals surface area (Å²) in [6.07, 6.45) is 0. The van der Waals surface area contributed by atoms with Gasteiger partial charge in [-0.1, -0.05) is 24.3 Å². The summed E-state index contributed by atoms with van der Waals surface area (Å²) in [6.45, 7) is 5.45. The average Bonchev–Trinajstić information content (AvgIpc) is 3.12. The van der Waals surface area contributed by atoms with Crippen LogP contribution in [0.5, 0.6) is 0 Å². The number of rotatable bonds is 7. The second-order valence-corrected chi connectivity index (χ2v) is 8.50. The quantitative estimate of drug-likeness (QED) is 0.648. The molecule has 1 fully saturated rings. The fourth-order valence-corrected chi connectivity index (χ4v) is 4.48. The molecule has 0 bridgehead atoms. The molecule has 3 aromatic rings. The molecule has 1 N–H and O–H groups in total. The van der Waals surface area contributed by atoms with E-state index < -0.39 is 0 Å². The topological polar surface area (TPSA) is 57.7 Å². The number of hydrogen-bond donors (Lipinski definition) is 1. The summed E-state index contributed by atoms with van der Waals surface area (Å²) >= 11 is 1.68. The van der Waals surface area contributed by atoms with Crippen LogP contribution >= 0.6 is 11.3 Å². The molecule has 0 radical (unpaired) electrons. The number of para-hydroxylation sites is 1. The number of amides is 1. The first-order valence-electron chi connectivity index (χ1n) is 9.87. The summed E-state index contributed by atoms with van der Waals surface area (Å²) in [4.78, 5) is 21.4. The Morgan fingerprint density at radius 2 is 1.93 bits per heavy atom. The van der Waals surface area contributed by atoms with Gasteiger partial charge in [0.25, 0.3) is 0 Å². The zero-order valence-corrected chi connectivity index (χ0v) is 17.5. The van der Waals surface area contributed by atoms with Gasteiger partial charge in [0.2, 0.25) is 5.91 Å². The SMILES string of the molecule is CN(CC(=O)Nc1ccc(CN2CCOCC2)cc1)Cc1nc2ccccc2s1. The zero-order valence-electron chi connectivity index (χ0n) is 16.6. The molecule has 0 spiro atoms. The number of anilines is 1. The van der Waals surface area contributed by atoms with Crippen molar-refractivity contribution in [1.82, 2.24) is 14.8 Å². The second kappa shape index (κ2) is 9.45. The Bertz CT molecular complexity index is 918. The van der Waals surface area contributed by atoms with Gasteiger partial charge >= 0.3 is 0 Å². The standard InChI is InChI=1S/C22H26N4O2S/c1-25(16-22-24-19-4-2-3-5-20(19)29-22)15-21(27)23-18-8-6-17(7-9-18)14-26-10-12-28-13-11-26/h2-9H,10-16H2,1H3,(H,23,27). The number of carbonyl (C=O) groups excluding carboxylic acids is 1. The van der Waals surface area contributed by atoms with Crippen LogP contribution in [0.25, 0.3) is 10.2 Å². The lowest BCUT2D eigenvalue weighted by molar-refractivity contribution is -0.117. The smallest absolute Gasteiger partial charge is 0.238 e. The van der Waals surface area contributed by atoms with Crippen LogP contribution in [0.4, 0.5) is 5.69 Å². The Hall–Kier alpha value is -2.32. The largest absolute Gasteiger partial charge is 0.379 e. The van der Waals surface area contributed by atoms with Gasteiger partial charge in [-0.25, -0.2) is 4.98 Å². The number of carbonyl (C=O) groups is 1. The summed E-state index contributed by atoms with van der Waals surface area (Å²) < 4.78 is 6.57. The lowest BCUT2D eigenvalue weighted by Crippen LogP contribution is -2.35. The maximum absolute atomic E-state index is 12.4. The van der Waals surface area contributed by atoms with Crippen molar-refractivity contribution >= 4 is 33.1 Å². The molecule has 2 heterocycles. The number of fused-ring (bicyclic) bond motifs is 1. The first-order chi connectivity index (χ1) is 14.2. The number of benzene rings is 2. The molecule has 1 saturated heterocycles. The molecule has 1 aliphatic rings. The lowest BCUT2D eigenvalue weighted by atomic mass is 10.2. The molecule has 1 aromatic heterocycles. The molecule has 6 nitrogen and oxygen atoms in total. The van der Waals surface area contributed by atoms with Crippen LogP contribution in [0.3, 0.4) is 0 Å². The third kappa shape index (κ3) is 5.61. The highest BCUT2D eigenvalue weighted by Crippen LogP contribution is 2.22. The van der Waals surface area contributed by atoms with Gasteiger partial charge in [0, 0.05) is 25.3 Å². The molecule has 1 amide bonds. The number of likely N-dealkylation sites (N-methyl/N-ethyl adjacent to an activating group) is 1. The monoisotopic (exact) mass is 410 g/mol. The molecular formula is C22H26N4O2S. The first-order valence-corrected chi connectivity index (χ1v) is 10.7. The van der Waals surface area contributed by atoms with Gasteiger partial charge in [-0.15, -0.1) is 11.3 Å². The molecule has 7 heteroatoms. The minimum atomic E-state index is -0.0189. The number of thiazole rings is 1. The van der Waals surface area contributed by atoms with Crippen LogP contribution in [0.1, 0.15) is 10.6 Å². The highest BCUT2D eigenvalue weighted by Gasteiger charge is 2.12. The van der Waals surface area contributed by atoms with Crippen molar-refractivity contribution in [3.8, 4) is 0 Å². The molecule has 0 saturated carbocycles. The van der Waals surface area contributed by atoms with E-state index in [-0.39, 0.29) is 5.91 Å². The summed E-state index contributed by atoms with van der Waals surface area (Å²) in [5, 5.41) is 4.01. The zero-order chi connectivity index (χ0) is 20.1. The Labute approximate surface area is 175 Å². The number of aromatic nitrogens is 1. The molecule has 0 atom stereocenters. The number of hydrogen-bond acceptors (Lipinski definition) is 6. The first kappa shape index (κ1) is 20.0. The van der Waals surface area contributed by atoms with E-state index in [2.05, 4.69) is 33.4 Å². The van der Waals surface area contributed by atoms with Crippen molar-refractivity contribution in [2.24, 2.45) is 0 Å². The second-order valence-electron chi connectivity index (χ2n) is 7.38. The fraction of sp³-hybridized carbons (Fsp3) is 0.364. The van der Waals surface area contributed by atoms with Gasteiger partial charge in [-0.2, -0.15) is 0 Å². The summed E-state index contributed by atoms with van der Waals surface area (Å²) in [7, 11) is 1.94. The number of nitrogens with zero attached hydrogens (tertiary/aromatic N) is 3. The summed E-state index contributed by atoms with van der Waals surface area (Å²) in [5.41, 5.74) is 3.09. The normalized spacial score (nSPS) is 15.1. The van der Waals surface area contributed by atoms with E-state index in [1.807, 2.05) is 42.3 Å². The summed E-state index contributed by atoms with van der Waals surface area (Å²) in [6, 6.07) is 16.2. The minimum Gasteiger partial charge on any atom is -0.379 e. The molecule has 4 rings (SSSR count). The maximum Gasteiger partial charge on any atom is 0.238 e. The lowest BCUT2D eigenvalue weighted by Gasteiger charge is -2.26. The Morgan fingerprint density at radius 3 is 2.69 bits per heavy atom. The fourth-order valence-electron chi connectivity index (χ4n) is 3.43. The van der Waals surface area contributed by atoms with Crippen LogP contribution in [0, 0.1) is 0 Å². The van der Waals surface area contributed by atoms with Gasteiger partial charge < -0.3 is 10.1 Å². The predicted molar refractivity (Wildman–Crippen MR) is 117 cm³/mol. The number of morpholine rings is 1. The molecule has 0 unspecified atom stereocenters. The molecule has 1 aliphatic heterocycles. The third-order valence-corrected chi connectivity index (χ3v) is 5.93. The third-order valence-electron chi connectivity index (χ3n) is 4.90. The van der Waals surface area contributed by atoms with E-state index in [1.54, 1.807) is 11.3 Å². The highest BCUT2D eigenvalue weighted by molar-refractivity contribution is 7.18. The Balaban J connectivity index is 1.26. The van der Waals surface area contributed by atoms with Gasteiger partial charge in [0.1, 0.15) is 5.01 Å². The van der Waals surface area contributed by atoms with Gasteiger partial charge in [0.05, 0.1) is 36.5 Å². The highest BCUT2D eigenvalue weighted by atomic mass is 32.1. The van der Waals surface area contributed by atoms with E-state index in [0.29, 0.717) is 13.1 Å². The maximum atomic E-state index is 12.4. The van der Waals surface area contributed by atoms with Gasteiger partial charge in [-0.3, -0.25) is 14.6 Å². The van der Waals surface area contributed by atoms with Crippen molar-refractivity contribution < 1.29 is 9.53 Å². The summed E-state index contributed by atoms with van der Waals surface area (Å²) in [5.74, 6) is -0.0189. The van der Waals surface area contributed by atoms with Crippen LogP contribution in [0.15, 0.2) is 48.5 Å². The molecule has 0 aliphatic carbocycles. The minimum absolute atomic E-state index is 0.0189. The molecular weight excluding hydrogens is 384 g/mol. The van der Waals surface area contributed by atoms with E-state index in [1.165, 1.54) is 10.3 Å². The van der Waals surface area contributed by atoms with E-state index in [0.717, 1.165) is 49.1 Å². The van der Waals surface area contributed by atoms with E-state index in [9.17, 15) is 4.79 Å². The molecule has 29 heavy (non-hydrogen) atoms. The van der Waals surface area contributed by atoms with Crippen molar-refractivity contribution in [1.29, 1.82) is 0 Å². The van der Waals surface area contributed by atoms with Crippen molar-refractivity contribution in [2.45, 2.75) is 13.1 Å². The van der Waals surface area contributed by atoms with Crippen LogP contribution in [-0.2, 0) is 22.6 Å². The number of nitrogens with one attached hydrogen (secondary N) is 1. The predicted octanol–water partition coefficient (Wildman–Crippen LogP) is 3.20. The van der Waals surface area contributed by atoms with Crippen molar-refractivity contribution in [3.05, 3.63) is 59.1 Å². The van der Waals surface area contributed by atoms with Crippen molar-refractivity contribution in [2.75, 3.05) is 45.2 Å².